The average molecular weight is 432 g/mol. The number of anilines is 2. The van der Waals surface area contributed by atoms with Crippen LogP contribution in [0.3, 0.4) is 0 Å². The molecule has 3 heterocycles. The Morgan fingerprint density at radius 3 is 2.44 bits per heavy atom. The molecule has 0 aliphatic carbocycles. The summed E-state index contributed by atoms with van der Waals surface area (Å²) in [5.74, 6) is 1.88. The third kappa shape index (κ3) is 4.59. The molecule has 0 N–H and O–H groups in total. The summed E-state index contributed by atoms with van der Waals surface area (Å²) < 4.78 is 6.65. The maximum Gasteiger partial charge on any atom is 0.227 e. The molecular weight excluding hydrogens is 406 g/mol. The van der Waals surface area contributed by atoms with Crippen molar-refractivity contribution in [3.8, 4) is 0 Å². The molecule has 0 bridgehead atoms. The third-order valence-electron chi connectivity index (χ3n) is 5.17. The van der Waals surface area contributed by atoms with Gasteiger partial charge in [-0.15, -0.1) is 0 Å². The summed E-state index contributed by atoms with van der Waals surface area (Å²) in [6.07, 6.45) is 0. The number of aromatic nitrogens is 2. The lowest BCUT2D eigenvalue weighted by atomic mass is 10.2. The van der Waals surface area contributed by atoms with Crippen LogP contribution >= 0.6 is 15.9 Å². The number of ether oxygens (including phenoxy) is 1. The number of morpholine rings is 1. The van der Waals surface area contributed by atoms with Gasteiger partial charge in [0.05, 0.1) is 13.2 Å². The molecule has 2 aliphatic heterocycles. The lowest BCUT2D eigenvalue weighted by Crippen LogP contribution is -2.46. The summed E-state index contributed by atoms with van der Waals surface area (Å²) in [5, 5.41) is 0. The molecule has 0 atom stereocenters. The highest BCUT2D eigenvalue weighted by Crippen LogP contribution is 2.22. The summed E-state index contributed by atoms with van der Waals surface area (Å²) >= 11 is 3.65. The molecule has 0 saturated carbocycles. The molecule has 2 aromatic rings. The Labute approximate surface area is 169 Å². The van der Waals surface area contributed by atoms with E-state index in [0.717, 1.165) is 76.5 Å². The number of hydrogen-bond donors (Lipinski definition) is 0. The zero-order valence-electron chi connectivity index (χ0n) is 15.8. The van der Waals surface area contributed by atoms with Gasteiger partial charge in [-0.25, -0.2) is 4.98 Å². The van der Waals surface area contributed by atoms with E-state index in [9.17, 15) is 0 Å². The fraction of sp³-hybridized carbons (Fsp3) is 0.500. The topological polar surface area (TPSA) is 44.7 Å². The molecular formula is C20H26BrN5O. The van der Waals surface area contributed by atoms with Gasteiger partial charge in [0.15, 0.2) is 0 Å². The van der Waals surface area contributed by atoms with Crippen molar-refractivity contribution in [2.45, 2.75) is 13.5 Å². The quantitative estimate of drug-likeness (QED) is 0.741. The Morgan fingerprint density at radius 1 is 0.963 bits per heavy atom. The van der Waals surface area contributed by atoms with Crippen LogP contribution in [0.5, 0.6) is 0 Å². The normalized spacial score (nSPS) is 18.7. The molecule has 7 heteroatoms. The van der Waals surface area contributed by atoms with Crippen molar-refractivity contribution in [3.63, 3.8) is 0 Å². The number of nitrogens with zero attached hydrogens (tertiary/aromatic N) is 5. The van der Waals surface area contributed by atoms with Gasteiger partial charge in [0.2, 0.25) is 5.95 Å². The van der Waals surface area contributed by atoms with Crippen LogP contribution in [0.25, 0.3) is 0 Å². The predicted octanol–water partition coefficient (Wildman–Crippen LogP) is 2.71. The van der Waals surface area contributed by atoms with Crippen LogP contribution in [0.15, 0.2) is 34.8 Å². The molecule has 1 aromatic carbocycles. The van der Waals surface area contributed by atoms with E-state index in [4.69, 9.17) is 14.7 Å². The SMILES string of the molecule is Cc1cc(N2CCOCC2)nc(N2CCN(Cc3ccccc3Br)CC2)n1. The summed E-state index contributed by atoms with van der Waals surface area (Å²) in [4.78, 5) is 16.7. The fourth-order valence-electron chi connectivity index (χ4n) is 3.61. The Balaban J connectivity index is 1.40. The maximum absolute atomic E-state index is 5.46. The van der Waals surface area contributed by atoms with E-state index < -0.39 is 0 Å². The lowest BCUT2D eigenvalue weighted by Gasteiger charge is -2.35. The molecule has 4 rings (SSSR count). The highest BCUT2D eigenvalue weighted by molar-refractivity contribution is 9.10. The molecule has 0 spiro atoms. The summed E-state index contributed by atoms with van der Waals surface area (Å²) in [5.41, 5.74) is 2.37. The second-order valence-electron chi connectivity index (χ2n) is 7.12. The van der Waals surface area contributed by atoms with Crippen molar-refractivity contribution >= 4 is 27.7 Å². The summed E-state index contributed by atoms with van der Waals surface area (Å²) in [6, 6.07) is 10.5. The van der Waals surface area contributed by atoms with E-state index >= 15 is 0 Å². The van der Waals surface area contributed by atoms with Gasteiger partial charge in [-0.1, -0.05) is 34.1 Å². The van der Waals surface area contributed by atoms with Crippen molar-refractivity contribution in [3.05, 3.63) is 46.1 Å². The first kappa shape index (κ1) is 18.7. The molecule has 144 valence electrons. The summed E-state index contributed by atoms with van der Waals surface area (Å²) in [6.45, 7) is 10.3. The zero-order chi connectivity index (χ0) is 18.6. The minimum Gasteiger partial charge on any atom is -0.378 e. The van der Waals surface area contributed by atoms with Crippen LogP contribution in [0.2, 0.25) is 0 Å². The van der Waals surface area contributed by atoms with Crippen molar-refractivity contribution in [2.75, 3.05) is 62.3 Å². The van der Waals surface area contributed by atoms with Crippen LogP contribution < -0.4 is 9.80 Å². The fourth-order valence-corrected chi connectivity index (χ4v) is 4.02. The smallest absolute Gasteiger partial charge is 0.227 e. The number of halogens is 1. The second kappa shape index (κ2) is 8.54. The van der Waals surface area contributed by atoms with Crippen LogP contribution in [0.1, 0.15) is 11.3 Å². The highest BCUT2D eigenvalue weighted by atomic mass is 79.9. The molecule has 0 unspecified atom stereocenters. The average Bonchev–Trinajstić information content (AvgIpc) is 2.70. The maximum atomic E-state index is 5.46. The number of piperazine rings is 1. The molecule has 0 amide bonds. The second-order valence-corrected chi connectivity index (χ2v) is 7.98. The van der Waals surface area contributed by atoms with E-state index in [0.29, 0.717) is 0 Å². The van der Waals surface area contributed by atoms with E-state index in [1.54, 1.807) is 0 Å². The minimum absolute atomic E-state index is 0.770. The Kier molecular flexibility index (Phi) is 5.90. The first-order valence-corrected chi connectivity index (χ1v) is 10.4. The van der Waals surface area contributed by atoms with E-state index in [-0.39, 0.29) is 0 Å². The van der Waals surface area contributed by atoms with Crippen LogP contribution in [0, 0.1) is 6.92 Å². The molecule has 0 radical (unpaired) electrons. The van der Waals surface area contributed by atoms with Gasteiger partial charge in [-0.2, -0.15) is 4.98 Å². The predicted molar refractivity (Wildman–Crippen MR) is 111 cm³/mol. The molecule has 27 heavy (non-hydrogen) atoms. The molecule has 2 fully saturated rings. The Hall–Kier alpha value is -1.70. The number of aryl methyl sites for hydroxylation is 1. The van der Waals surface area contributed by atoms with Crippen LogP contribution in [-0.2, 0) is 11.3 Å². The lowest BCUT2D eigenvalue weighted by molar-refractivity contribution is 0.122. The van der Waals surface area contributed by atoms with Gasteiger partial charge in [0.1, 0.15) is 5.82 Å². The van der Waals surface area contributed by atoms with E-state index in [1.165, 1.54) is 10.0 Å². The van der Waals surface area contributed by atoms with Crippen molar-refractivity contribution in [2.24, 2.45) is 0 Å². The monoisotopic (exact) mass is 431 g/mol. The van der Waals surface area contributed by atoms with Crippen molar-refractivity contribution < 1.29 is 4.74 Å². The van der Waals surface area contributed by atoms with Gasteiger partial charge in [-0.3, -0.25) is 4.90 Å². The summed E-state index contributed by atoms with van der Waals surface area (Å²) in [7, 11) is 0. The number of rotatable bonds is 4. The van der Waals surface area contributed by atoms with Gasteiger partial charge in [-0.05, 0) is 18.6 Å². The molecule has 1 aromatic heterocycles. The van der Waals surface area contributed by atoms with Gasteiger partial charge in [0, 0.05) is 62.0 Å². The first-order chi connectivity index (χ1) is 13.2. The number of benzene rings is 1. The molecule has 2 saturated heterocycles. The molecule has 2 aliphatic rings. The van der Waals surface area contributed by atoms with Crippen LogP contribution in [-0.4, -0.2) is 67.4 Å². The van der Waals surface area contributed by atoms with E-state index in [1.807, 2.05) is 0 Å². The Bertz CT molecular complexity index is 773. The van der Waals surface area contributed by atoms with Gasteiger partial charge >= 0.3 is 0 Å². The third-order valence-corrected chi connectivity index (χ3v) is 5.94. The van der Waals surface area contributed by atoms with Crippen molar-refractivity contribution in [1.82, 2.24) is 14.9 Å². The van der Waals surface area contributed by atoms with Crippen LogP contribution in [0.4, 0.5) is 11.8 Å². The highest BCUT2D eigenvalue weighted by Gasteiger charge is 2.21. The minimum atomic E-state index is 0.770. The zero-order valence-corrected chi connectivity index (χ0v) is 17.4. The molecule has 6 nitrogen and oxygen atoms in total. The number of hydrogen-bond acceptors (Lipinski definition) is 6. The van der Waals surface area contributed by atoms with Crippen molar-refractivity contribution in [1.29, 1.82) is 0 Å². The largest absolute Gasteiger partial charge is 0.378 e. The Morgan fingerprint density at radius 2 is 1.70 bits per heavy atom. The van der Waals surface area contributed by atoms with E-state index in [2.05, 4.69) is 67.9 Å². The first-order valence-electron chi connectivity index (χ1n) is 9.58. The van der Waals surface area contributed by atoms with Gasteiger partial charge < -0.3 is 14.5 Å². The van der Waals surface area contributed by atoms with Gasteiger partial charge in [0.25, 0.3) is 0 Å². The standard InChI is InChI=1S/C20H26BrN5O/c1-16-14-19(25-10-12-27-13-11-25)23-20(22-16)26-8-6-24(7-9-26)15-17-4-2-3-5-18(17)21/h2-5,14H,6-13,15H2,1H3.